The van der Waals surface area contributed by atoms with Gasteiger partial charge in [0.15, 0.2) is 0 Å². The molecule has 1 N–H and O–H groups in total. The molecule has 0 unspecified atom stereocenters. The van der Waals surface area contributed by atoms with E-state index < -0.39 is 26.7 Å². The van der Waals surface area contributed by atoms with Gasteiger partial charge < -0.3 is 0 Å². The van der Waals surface area contributed by atoms with Crippen molar-refractivity contribution in [2.75, 3.05) is 6.54 Å². The zero-order valence-electron chi connectivity index (χ0n) is 13.9. The summed E-state index contributed by atoms with van der Waals surface area (Å²) in [5, 5.41) is 4.14. The molecular formula is C17H15F3N4O2S. The summed E-state index contributed by atoms with van der Waals surface area (Å²) in [6, 6.07) is 7.25. The lowest BCUT2D eigenvalue weighted by molar-refractivity contribution is -0.137. The molecule has 0 radical (unpaired) electrons. The van der Waals surface area contributed by atoms with E-state index in [0.717, 1.165) is 29.3 Å². The van der Waals surface area contributed by atoms with Crippen molar-refractivity contribution in [2.24, 2.45) is 0 Å². The molecule has 0 saturated carbocycles. The summed E-state index contributed by atoms with van der Waals surface area (Å²) in [5.41, 5.74) is 0.748. The predicted molar refractivity (Wildman–Crippen MR) is 92.1 cm³/mol. The Labute approximate surface area is 153 Å². The maximum Gasteiger partial charge on any atom is 0.416 e. The summed E-state index contributed by atoms with van der Waals surface area (Å²) < 4.78 is 66.5. The molecule has 142 valence electrons. The SMILES string of the molecule is O=S(=O)(NCCn1cc(-c2ccncc2)cn1)c1cccc(C(F)(F)F)c1. The van der Waals surface area contributed by atoms with Crippen LogP contribution in [0.25, 0.3) is 11.1 Å². The zero-order chi connectivity index (χ0) is 19.5. The van der Waals surface area contributed by atoms with E-state index in [1.54, 1.807) is 29.5 Å². The molecular weight excluding hydrogens is 381 g/mol. The molecule has 0 atom stereocenters. The minimum Gasteiger partial charge on any atom is -0.271 e. The Morgan fingerprint density at radius 2 is 1.81 bits per heavy atom. The van der Waals surface area contributed by atoms with Gasteiger partial charge in [-0.1, -0.05) is 6.07 Å². The Balaban J connectivity index is 1.64. The smallest absolute Gasteiger partial charge is 0.271 e. The minimum absolute atomic E-state index is 0.0178. The number of nitrogens with one attached hydrogen (secondary N) is 1. The zero-order valence-corrected chi connectivity index (χ0v) is 14.7. The van der Waals surface area contributed by atoms with Gasteiger partial charge in [-0.3, -0.25) is 9.67 Å². The highest BCUT2D eigenvalue weighted by Crippen LogP contribution is 2.30. The Morgan fingerprint density at radius 1 is 1.07 bits per heavy atom. The summed E-state index contributed by atoms with van der Waals surface area (Å²) in [5.74, 6) is 0. The average Bonchev–Trinajstić information content (AvgIpc) is 3.11. The van der Waals surface area contributed by atoms with E-state index >= 15 is 0 Å². The Hall–Kier alpha value is -2.72. The highest BCUT2D eigenvalue weighted by Gasteiger charge is 2.31. The number of rotatable bonds is 6. The topological polar surface area (TPSA) is 76.9 Å². The standard InChI is InChI=1S/C17H15F3N4O2S/c18-17(19,20)15-2-1-3-16(10-15)27(25,26)23-8-9-24-12-14(11-22-24)13-4-6-21-7-5-13/h1-7,10-12,23H,8-9H2. The first-order valence-electron chi connectivity index (χ1n) is 7.85. The van der Waals surface area contributed by atoms with Crippen molar-refractivity contribution in [3.63, 3.8) is 0 Å². The van der Waals surface area contributed by atoms with Crippen molar-refractivity contribution < 1.29 is 21.6 Å². The highest BCUT2D eigenvalue weighted by atomic mass is 32.2. The van der Waals surface area contributed by atoms with E-state index in [0.29, 0.717) is 6.07 Å². The first kappa shape index (κ1) is 19.1. The second-order valence-electron chi connectivity index (χ2n) is 5.65. The van der Waals surface area contributed by atoms with Crippen LogP contribution in [0.15, 0.2) is 66.1 Å². The number of benzene rings is 1. The molecule has 6 nitrogen and oxygen atoms in total. The number of hydrogen-bond donors (Lipinski definition) is 1. The van der Waals surface area contributed by atoms with Crippen LogP contribution in [0, 0.1) is 0 Å². The fourth-order valence-corrected chi connectivity index (χ4v) is 3.46. The third-order valence-corrected chi connectivity index (χ3v) is 5.21. The summed E-state index contributed by atoms with van der Waals surface area (Å²) in [7, 11) is -4.06. The molecule has 0 spiro atoms. The molecule has 0 saturated heterocycles. The molecule has 0 amide bonds. The summed E-state index contributed by atoms with van der Waals surface area (Å²) in [4.78, 5) is 3.50. The van der Waals surface area contributed by atoms with Crippen molar-refractivity contribution >= 4 is 10.0 Å². The largest absolute Gasteiger partial charge is 0.416 e. The van der Waals surface area contributed by atoms with Gasteiger partial charge >= 0.3 is 6.18 Å². The van der Waals surface area contributed by atoms with Crippen LogP contribution in [0.1, 0.15) is 5.56 Å². The van der Waals surface area contributed by atoms with Crippen LogP contribution in [0.5, 0.6) is 0 Å². The molecule has 10 heteroatoms. The third kappa shape index (κ3) is 4.72. The van der Waals surface area contributed by atoms with Crippen molar-refractivity contribution in [2.45, 2.75) is 17.6 Å². The van der Waals surface area contributed by atoms with Crippen molar-refractivity contribution in [1.29, 1.82) is 0 Å². The molecule has 27 heavy (non-hydrogen) atoms. The van der Waals surface area contributed by atoms with Crippen LogP contribution < -0.4 is 4.72 Å². The second kappa shape index (κ2) is 7.49. The van der Waals surface area contributed by atoms with E-state index in [1.807, 2.05) is 12.1 Å². The van der Waals surface area contributed by atoms with E-state index in [4.69, 9.17) is 0 Å². The fraction of sp³-hybridized carbons (Fsp3) is 0.176. The average molecular weight is 396 g/mol. The maximum atomic E-state index is 12.7. The fourth-order valence-electron chi connectivity index (χ4n) is 2.40. The van der Waals surface area contributed by atoms with Crippen LogP contribution in [0.3, 0.4) is 0 Å². The Morgan fingerprint density at radius 3 is 2.52 bits per heavy atom. The van der Waals surface area contributed by atoms with Gasteiger partial charge in [0, 0.05) is 30.7 Å². The lowest BCUT2D eigenvalue weighted by atomic mass is 10.1. The van der Waals surface area contributed by atoms with Crippen molar-refractivity contribution in [1.82, 2.24) is 19.5 Å². The van der Waals surface area contributed by atoms with E-state index in [2.05, 4.69) is 14.8 Å². The van der Waals surface area contributed by atoms with Gasteiger partial charge in [-0.15, -0.1) is 0 Å². The highest BCUT2D eigenvalue weighted by molar-refractivity contribution is 7.89. The number of sulfonamides is 1. The lowest BCUT2D eigenvalue weighted by Crippen LogP contribution is -2.27. The van der Waals surface area contributed by atoms with Crippen LogP contribution in [0.4, 0.5) is 13.2 Å². The first-order valence-corrected chi connectivity index (χ1v) is 9.34. The quantitative estimate of drug-likeness (QED) is 0.695. The monoisotopic (exact) mass is 396 g/mol. The third-order valence-electron chi connectivity index (χ3n) is 3.75. The van der Waals surface area contributed by atoms with Gasteiger partial charge in [0.25, 0.3) is 0 Å². The number of nitrogens with zero attached hydrogens (tertiary/aromatic N) is 3. The molecule has 0 fully saturated rings. The molecule has 1 aromatic carbocycles. The Bertz CT molecular complexity index is 1020. The number of aromatic nitrogens is 3. The van der Waals surface area contributed by atoms with E-state index in [9.17, 15) is 21.6 Å². The minimum atomic E-state index is -4.61. The van der Waals surface area contributed by atoms with Crippen molar-refractivity contribution in [3.8, 4) is 11.1 Å². The molecule has 0 aliphatic rings. The van der Waals surface area contributed by atoms with Crippen LogP contribution in [0.2, 0.25) is 0 Å². The van der Waals surface area contributed by atoms with Crippen LogP contribution in [-0.2, 0) is 22.7 Å². The molecule has 0 bridgehead atoms. The van der Waals surface area contributed by atoms with E-state index in [-0.39, 0.29) is 13.1 Å². The maximum absolute atomic E-state index is 12.7. The molecule has 2 heterocycles. The Kier molecular flexibility index (Phi) is 5.29. The number of halogens is 3. The molecule has 3 rings (SSSR count). The van der Waals surface area contributed by atoms with Gasteiger partial charge in [-0.2, -0.15) is 18.3 Å². The lowest BCUT2D eigenvalue weighted by Gasteiger charge is -2.10. The number of hydrogen-bond acceptors (Lipinski definition) is 4. The van der Waals surface area contributed by atoms with Gasteiger partial charge in [-0.25, -0.2) is 13.1 Å². The summed E-state index contributed by atoms with van der Waals surface area (Å²) in [6.45, 7) is 0.208. The molecule has 0 aliphatic heterocycles. The van der Waals surface area contributed by atoms with Gasteiger partial charge in [0.2, 0.25) is 10.0 Å². The van der Waals surface area contributed by atoms with E-state index in [1.165, 1.54) is 0 Å². The number of pyridine rings is 1. The normalized spacial score (nSPS) is 12.3. The number of alkyl halides is 3. The summed E-state index contributed by atoms with van der Waals surface area (Å²) in [6.07, 6.45) is 2.07. The predicted octanol–water partition coefficient (Wildman–Crippen LogP) is 2.94. The van der Waals surface area contributed by atoms with Crippen molar-refractivity contribution in [3.05, 3.63) is 66.7 Å². The molecule has 3 aromatic rings. The van der Waals surface area contributed by atoms with Crippen LogP contribution >= 0.6 is 0 Å². The molecule has 2 aromatic heterocycles. The van der Waals surface area contributed by atoms with Crippen LogP contribution in [-0.4, -0.2) is 29.7 Å². The summed E-state index contributed by atoms with van der Waals surface area (Å²) >= 11 is 0. The first-order chi connectivity index (χ1) is 12.8. The van der Waals surface area contributed by atoms with Gasteiger partial charge in [-0.05, 0) is 35.9 Å². The second-order valence-corrected chi connectivity index (χ2v) is 7.42. The van der Waals surface area contributed by atoms with Gasteiger partial charge in [0.1, 0.15) is 0 Å². The molecule has 0 aliphatic carbocycles. The van der Waals surface area contributed by atoms with Gasteiger partial charge in [0.05, 0.1) is 23.2 Å².